The molecule has 5 nitrogen and oxygen atoms in total. The lowest BCUT2D eigenvalue weighted by Crippen LogP contribution is -2.32. The summed E-state index contributed by atoms with van der Waals surface area (Å²) in [5.41, 5.74) is -0.771. The molecule has 3 rings (SSSR count). The number of sulfone groups is 1. The first kappa shape index (κ1) is 18.8. The number of nitrogens with one attached hydrogen (secondary N) is 1. The van der Waals surface area contributed by atoms with E-state index in [1.165, 1.54) is 30.5 Å². The van der Waals surface area contributed by atoms with E-state index in [2.05, 4.69) is 5.32 Å². The van der Waals surface area contributed by atoms with E-state index in [0.717, 1.165) is 18.2 Å². The van der Waals surface area contributed by atoms with Gasteiger partial charge in [0.05, 0.1) is 11.2 Å². The highest BCUT2D eigenvalue weighted by Gasteiger charge is 2.32. The van der Waals surface area contributed by atoms with Gasteiger partial charge in [0, 0.05) is 6.54 Å². The van der Waals surface area contributed by atoms with Crippen LogP contribution in [0.1, 0.15) is 21.4 Å². The summed E-state index contributed by atoms with van der Waals surface area (Å²) in [5.74, 6) is -3.01. The summed E-state index contributed by atoms with van der Waals surface area (Å²) in [6, 6.07) is 13.6. The maximum absolute atomic E-state index is 13.8. The van der Waals surface area contributed by atoms with Crippen LogP contribution >= 0.6 is 0 Å². The first-order valence-corrected chi connectivity index (χ1v) is 9.50. The number of hydrogen-bond acceptors (Lipinski definition) is 4. The van der Waals surface area contributed by atoms with Crippen molar-refractivity contribution in [3.05, 3.63) is 89.9 Å². The minimum absolute atomic E-state index is 0.0396. The largest absolute Gasteiger partial charge is 0.468 e. The van der Waals surface area contributed by atoms with E-state index in [1.54, 1.807) is 18.2 Å². The summed E-state index contributed by atoms with van der Waals surface area (Å²) in [5, 5.41) is 1.03. The number of carbonyl (C=O) groups excluding carboxylic acids is 1. The summed E-state index contributed by atoms with van der Waals surface area (Å²) in [4.78, 5) is 12.2. The highest BCUT2D eigenvalue weighted by atomic mass is 32.2. The number of amides is 1. The van der Waals surface area contributed by atoms with Crippen molar-refractivity contribution in [2.75, 3.05) is 6.54 Å². The van der Waals surface area contributed by atoms with Crippen LogP contribution in [-0.2, 0) is 9.84 Å². The molecule has 0 aliphatic heterocycles. The molecule has 0 aliphatic carbocycles. The highest BCUT2D eigenvalue weighted by molar-refractivity contribution is 7.91. The second-order valence-corrected chi connectivity index (χ2v) is 7.80. The summed E-state index contributed by atoms with van der Waals surface area (Å²) >= 11 is 0. The van der Waals surface area contributed by atoms with Crippen LogP contribution in [0, 0.1) is 11.6 Å². The van der Waals surface area contributed by atoms with Gasteiger partial charge in [0.2, 0.25) is 0 Å². The van der Waals surface area contributed by atoms with Crippen molar-refractivity contribution >= 4 is 15.7 Å². The van der Waals surface area contributed by atoms with Gasteiger partial charge < -0.3 is 9.73 Å². The Hall–Kier alpha value is -3.00. The van der Waals surface area contributed by atoms with Crippen LogP contribution in [0.5, 0.6) is 0 Å². The molecule has 0 fully saturated rings. The monoisotopic (exact) mass is 391 g/mol. The van der Waals surface area contributed by atoms with E-state index in [1.807, 2.05) is 0 Å². The molecular weight excluding hydrogens is 376 g/mol. The molecule has 27 heavy (non-hydrogen) atoms. The Bertz CT molecular complexity index is 1010. The number of halogens is 2. The lowest BCUT2D eigenvalue weighted by Gasteiger charge is -2.17. The van der Waals surface area contributed by atoms with Gasteiger partial charge in [-0.1, -0.05) is 24.3 Å². The molecule has 1 heterocycles. The van der Waals surface area contributed by atoms with Crippen LogP contribution in [0.3, 0.4) is 0 Å². The molecule has 0 saturated heterocycles. The molecule has 0 bridgehead atoms. The van der Waals surface area contributed by atoms with E-state index in [4.69, 9.17) is 4.42 Å². The third kappa shape index (κ3) is 3.90. The Morgan fingerprint density at radius 3 is 2.22 bits per heavy atom. The minimum Gasteiger partial charge on any atom is -0.468 e. The molecule has 140 valence electrons. The Balaban J connectivity index is 1.89. The van der Waals surface area contributed by atoms with Gasteiger partial charge in [-0.25, -0.2) is 17.2 Å². The zero-order valence-electron chi connectivity index (χ0n) is 13.9. The van der Waals surface area contributed by atoms with Gasteiger partial charge >= 0.3 is 0 Å². The molecule has 1 amide bonds. The maximum atomic E-state index is 13.8. The SMILES string of the molecule is O=C(NC[C@@H](c1ccco1)S(=O)(=O)c1ccccc1)c1c(F)cccc1F. The molecule has 0 saturated carbocycles. The van der Waals surface area contributed by atoms with Crippen molar-refractivity contribution in [3.63, 3.8) is 0 Å². The summed E-state index contributed by atoms with van der Waals surface area (Å²) < 4.78 is 58.6. The number of carbonyl (C=O) groups is 1. The molecule has 0 unspecified atom stereocenters. The van der Waals surface area contributed by atoms with Gasteiger partial charge in [-0.3, -0.25) is 4.79 Å². The van der Waals surface area contributed by atoms with E-state index >= 15 is 0 Å². The van der Waals surface area contributed by atoms with Crippen molar-refractivity contribution in [3.8, 4) is 0 Å². The molecule has 1 N–H and O–H groups in total. The van der Waals surface area contributed by atoms with E-state index in [9.17, 15) is 22.0 Å². The number of furan rings is 1. The third-order valence-corrected chi connectivity index (χ3v) is 6.02. The first-order chi connectivity index (χ1) is 12.9. The Morgan fingerprint density at radius 2 is 1.63 bits per heavy atom. The lowest BCUT2D eigenvalue weighted by atomic mass is 10.2. The molecule has 2 aromatic carbocycles. The van der Waals surface area contributed by atoms with Gasteiger partial charge in [0.25, 0.3) is 5.91 Å². The molecule has 8 heteroatoms. The predicted molar refractivity (Wildman–Crippen MR) is 93.8 cm³/mol. The molecule has 3 aromatic rings. The average molecular weight is 391 g/mol. The van der Waals surface area contributed by atoms with Crippen molar-refractivity contribution in [1.29, 1.82) is 0 Å². The number of benzene rings is 2. The molecule has 0 radical (unpaired) electrons. The van der Waals surface area contributed by atoms with Crippen molar-refractivity contribution in [1.82, 2.24) is 5.32 Å². The molecular formula is C19H15F2NO4S. The van der Waals surface area contributed by atoms with Crippen molar-refractivity contribution < 1.29 is 26.4 Å². The topological polar surface area (TPSA) is 76.4 Å². The van der Waals surface area contributed by atoms with Crippen LogP contribution in [0.4, 0.5) is 8.78 Å². The van der Waals surface area contributed by atoms with Gasteiger partial charge in [0.1, 0.15) is 28.2 Å². The van der Waals surface area contributed by atoms with Gasteiger partial charge in [-0.2, -0.15) is 0 Å². The molecule has 1 aromatic heterocycles. The lowest BCUT2D eigenvalue weighted by molar-refractivity contribution is 0.0945. The van der Waals surface area contributed by atoms with Gasteiger partial charge in [0.15, 0.2) is 9.84 Å². The smallest absolute Gasteiger partial charge is 0.257 e. The number of rotatable bonds is 6. The zero-order valence-corrected chi connectivity index (χ0v) is 14.7. The quantitative estimate of drug-likeness (QED) is 0.698. The standard InChI is InChI=1S/C19H15F2NO4S/c20-14-8-4-9-15(21)18(14)19(23)22-12-17(16-10-5-11-26-16)27(24,25)13-6-2-1-3-7-13/h1-11,17H,12H2,(H,22,23)/t17-/m0/s1. The van der Waals surface area contributed by atoms with Crippen molar-refractivity contribution in [2.24, 2.45) is 0 Å². The summed E-state index contributed by atoms with van der Waals surface area (Å²) in [6.07, 6.45) is 1.31. The summed E-state index contributed by atoms with van der Waals surface area (Å²) in [6.45, 7) is -0.419. The maximum Gasteiger partial charge on any atom is 0.257 e. The highest BCUT2D eigenvalue weighted by Crippen LogP contribution is 2.29. The minimum atomic E-state index is -3.92. The third-order valence-electron chi connectivity index (χ3n) is 3.94. The molecule has 0 aliphatic rings. The van der Waals surface area contributed by atoms with E-state index < -0.39 is 44.7 Å². The van der Waals surface area contributed by atoms with Gasteiger partial charge in [-0.15, -0.1) is 0 Å². The van der Waals surface area contributed by atoms with E-state index in [-0.39, 0.29) is 10.7 Å². The second-order valence-electron chi connectivity index (χ2n) is 5.67. The van der Waals surface area contributed by atoms with Crippen LogP contribution in [-0.4, -0.2) is 20.9 Å². The molecule has 0 spiro atoms. The van der Waals surface area contributed by atoms with E-state index in [0.29, 0.717) is 0 Å². The first-order valence-electron chi connectivity index (χ1n) is 7.96. The van der Waals surface area contributed by atoms with Gasteiger partial charge in [-0.05, 0) is 36.4 Å². The zero-order chi connectivity index (χ0) is 19.4. The average Bonchev–Trinajstić information content (AvgIpc) is 3.16. The fourth-order valence-corrected chi connectivity index (χ4v) is 4.21. The number of hydrogen-bond donors (Lipinski definition) is 1. The van der Waals surface area contributed by atoms with Crippen molar-refractivity contribution in [2.45, 2.75) is 10.1 Å². The Kier molecular flexibility index (Phi) is 5.36. The Morgan fingerprint density at radius 1 is 0.963 bits per heavy atom. The summed E-state index contributed by atoms with van der Waals surface area (Å²) in [7, 11) is -3.92. The second kappa shape index (κ2) is 7.71. The van der Waals surface area contributed by atoms with Crippen LogP contribution in [0.25, 0.3) is 0 Å². The fourth-order valence-electron chi connectivity index (χ4n) is 2.60. The van der Waals surface area contributed by atoms with Crippen LogP contribution in [0.2, 0.25) is 0 Å². The van der Waals surface area contributed by atoms with Crippen LogP contribution in [0.15, 0.2) is 76.2 Å². The van der Waals surface area contributed by atoms with Crippen LogP contribution < -0.4 is 5.32 Å². The fraction of sp³-hybridized carbons (Fsp3) is 0.105. The predicted octanol–water partition coefficient (Wildman–Crippen LogP) is 3.50. The Labute approximate surface area is 154 Å². The normalized spacial score (nSPS) is 12.5. The molecule has 1 atom stereocenters.